The van der Waals surface area contributed by atoms with E-state index in [1.165, 1.54) is 23.9 Å². The highest BCUT2D eigenvalue weighted by Gasteiger charge is 2.20. The number of nitro benzene ring substituents is 1. The summed E-state index contributed by atoms with van der Waals surface area (Å²) in [7, 11) is 0. The van der Waals surface area contributed by atoms with Gasteiger partial charge >= 0.3 is 5.97 Å². The zero-order valence-electron chi connectivity index (χ0n) is 12.8. The Morgan fingerprint density at radius 3 is 2.68 bits per heavy atom. The summed E-state index contributed by atoms with van der Waals surface area (Å²) in [5.74, 6) is -1.18. The summed E-state index contributed by atoms with van der Waals surface area (Å²) in [6.45, 7) is 0. The van der Waals surface area contributed by atoms with Gasteiger partial charge in [0.25, 0.3) is 5.69 Å². The SMILES string of the molecule is O=C(O)c1ccc(SC2=CC=C(c3cccc(Br)c3)C2)c([N+](=O)[O-])c1. The van der Waals surface area contributed by atoms with Crippen LogP contribution >= 0.6 is 27.7 Å². The normalized spacial score (nSPS) is 13.3. The van der Waals surface area contributed by atoms with Gasteiger partial charge in [0.1, 0.15) is 0 Å². The van der Waals surface area contributed by atoms with E-state index in [1.807, 2.05) is 36.4 Å². The van der Waals surface area contributed by atoms with Crippen LogP contribution in [0.25, 0.3) is 5.57 Å². The summed E-state index contributed by atoms with van der Waals surface area (Å²) >= 11 is 4.74. The molecule has 0 spiro atoms. The largest absolute Gasteiger partial charge is 0.478 e. The van der Waals surface area contributed by atoms with Crippen molar-refractivity contribution in [2.75, 3.05) is 0 Å². The summed E-state index contributed by atoms with van der Waals surface area (Å²) in [5.41, 5.74) is 1.94. The standard InChI is InChI=1S/C18H12BrNO4S/c19-14-3-1-2-11(8-14)12-4-6-15(9-12)25-17-7-5-13(18(21)22)10-16(17)20(23)24/h1-8,10H,9H2,(H,21,22). The Kier molecular flexibility index (Phi) is 5.06. The number of carboxylic acid groups (broad SMARTS) is 1. The van der Waals surface area contributed by atoms with Crippen LogP contribution in [0.4, 0.5) is 5.69 Å². The van der Waals surface area contributed by atoms with Crippen LogP contribution in [-0.4, -0.2) is 16.0 Å². The van der Waals surface area contributed by atoms with Crippen LogP contribution in [0.5, 0.6) is 0 Å². The van der Waals surface area contributed by atoms with Crippen molar-refractivity contribution < 1.29 is 14.8 Å². The molecule has 0 aliphatic heterocycles. The summed E-state index contributed by atoms with van der Waals surface area (Å²) < 4.78 is 0.993. The molecule has 0 unspecified atom stereocenters. The fraction of sp³-hybridized carbons (Fsp3) is 0.0556. The van der Waals surface area contributed by atoms with Crippen LogP contribution in [0.3, 0.4) is 0 Å². The van der Waals surface area contributed by atoms with E-state index in [1.54, 1.807) is 0 Å². The highest BCUT2D eigenvalue weighted by molar-refractivity contribution is 9.10. The lowest BCUT2D eigenvalue weighted by Gasteiger charge is -2.07. The zero-order valence-corrected chi connectivity index (χ0v) is 15.2. The molecule has 0 saturated heterocycles. The highest BCUT2D eigenvalue weighted by atomic mass is 79.9. The van der Waals surface area contributed by atoms with Crippen LogP contribution in [-0.2, 0) is 0 Å². The summed E-state index contributed by atoms with van der Waals surface area (Å²) in [6.07, 6.45) is 4.62. The molecule has 1 aliphatic rings. The number of carbonyl (C=O) groups is 1. The number of aromatic carboxylic acids is 1. The molecule has 0 saturated carbocycles. The number of carboxylic acids is 1. The van der Waals surface area contributed by atoms with Gasteiger partial charge in [-0.15, -0.1) is 0 Å². The molecule has 0 aromatic heterocycles. The van der Waals surface area contributed by atoms with E-state index in [9.17, 15) is 14.9 Å². The lowest BCUT2D eigenvalue weighted by atomic mass is 10.1. The van der Waals surface area contributed by atoms with Crippen molar-refractivity contribution in [3.8, 4) is 0 Å². The topological polar surface area (TPSA) is 80.4 Å². The number of nitrogens with zero attached hydrogens (tertiary/aromatic N) is 1. The Bertz CT molecular complexity index is 936. The predicted molar refractivity (Wildman–Crippen MR) is 101 cm³/mol. The number of hydrogen-bond donors (Lipinski definition) is 1. The van der Waals surface area contributed by atoms with Gasteiger partial charge in [0.15, 0.2) is 0 Å². The predicted octanol–water partition coefficient (Wildman–Crippen LogP) is 5.52. The van der Waals surface area contributed by atoms with Crippen molar-refractivity contribution >= 4 is 44.9 Å². The second-order valence-electron chi connectivity index (χ2n) is 5.36. The second-order valence-corrected chi connectivity index (χ2v) is 7.44. The lowest BCUT2D eigenvalue weighted by Crippen LogP contribution is -1.99. The van der Waals surface area contributed by atoms with Crippen LogP contribution < -0.4 is 0 Å². The molecule has 3 rings (SSSR count). The Labute approximate surface area is 156 Å². The van der Waals surface area contributed by atoms with Gasteiger partial charge < -0.3 is 5.11 Å². The molecule has 2 aromatic carbocycles. The minimum atomic E-state index is -1.18. The number of hydrogen-bond acceptors (Lipinski definition) is 4. The fourth-order valence-electron chi connectivity index (χ4n) is 2.48. The number of rotatable bonds is 5. The molecule has 25 heavy (non-hydrogen) atoms. The van der Waals surface area contributed by atoms with E-state index in [0.29, 0.717) is 11.3 Å². The van der Waals surface area contributed by atoms with Gasteiger partial charge in [-0.2, -0.15) is 0 Å². The summed E-state index contributed by atoms with van der Waals surface area (Å²) in [5, 5.41) is 20.3. The molecule has 0 fully saturated rings. The second kappa shape index (κ2) is 7.25. The molecule has 1 aliphatic carbocycles. The fourth-order valence-corrected chi connectivity index (χ4v) is 3.90. The molecule has 0 atom stereocenters. The minimum Gasteiger partial charge on any atom is -0.478 e. The number of allylic oxidation sites excluding steroid dienone is 4. The van der Waals surface area contributed by atoms with Crippen molar-refractivity contribution in [1.82, 2.24) is 0 Å². The molecule has 0 heterocycles. The molecule has 0 bridgehead atoms. The van der Waals surface area contributed by atoms with Crippen molar-refractivity contribution in [3.05, 3.63) is 85.2 Å². The molecule has 7 heteroatoms. The first-order valence-corrected chi connectivity index (χ1v) is 8.90. The molecule has 0 radical (unpaired) electrons. The minimum absolute atomic E-state index is 0.0931. The molecule has 2 aromatic rings. The molecule has 5 nitrogen and oxygen atoms in total. The summed E-state index contributed by atoms with van der Waals surface area (Å²) in [4.78, 5) is 23.1. The van der Waals surface area contributed by atoms with E-state index in [4.69, 9.17) is 5.11 Å². The van der Waals surface area contributed by atoms with Gasteiger partial charge in [-0.1, -0.05) is 52.0 Å². The first-order valence-electron chi connectivity index (χ1n) is 7.29. The van der Waals surface area contributed by atoms with E-state index < -0.39 is 10.9 Å². The van der Waals surface area contributed by atoms with E-state index >= 15 is 0 Å². The molecule has 0 amide bonds. The molecular formula is C18H12BrNO4S. The maximum absolute atomic E-state index is 11.3. The van der Waals surface area contributed by atoms with Gasteiger partial charge in [0.2, 0.25) is 0 Å². The van der Waals surface area contributed by atoms with Crippen LogP contribution in [0.1, 0.15) is 22.3 Å². The smallest absolute Gasteiger partial charge is 0.335 e. The van der Waals surface area contributed by atoms with E-state index in [0.717, 1.165) is 26.6 Å². The van der Waals surface area contributed by atoms with E-state index in [2.05, 4.69) is 15.9 Å². The summed E-state index contributed by atoms with van der Waals surface area (Å²) in [6, 6.07) is 11.9. The molecule has 1 N–H and O–H groups in total. The van der Waals surface area contributed by atoms with E-state index in [-0.39, 0.29) is 11.3 Å². The van der Waals surface area contributed by atoms with Crippen molar-refractivity contribution in [1.29, 1.82) is 0 Å². The van der Waals surface area contributed by atoms with Gasteiger partial charge in [-0.05, 0) is 40.3 Å². The first kappa shape index (κ1) is 17.4. The first-order chi connectivity index (χ1) is 11.9. The Morgan fingerprint density at radius 2 is 2.00 bits per heavy atom. The maximum Gasteiger partial charge on any atom is 0.335 e. The average molecular weight is 418 g/mol. The number of benzene rings is 2. The highest BCUT2D eigenvalue weighted by Crippen LogP contribution is 2.41. The molecule has 126 valence electrons. The maximum atomic E-state index is 11.3. The quantitative estimate of drug-likeness (QED) is 0.511. The lowest BCUT2D eigenvalue weighted by molar-refractivity contribution is -0.387. The third-order valence-electron chi connectivity index (χ3n) is 3.67. The number of thioether (sulfide) groups is 1. The van der Waals surface area contributed by atoms with Crippen molar-refractivity contribution in [3.63, 3.8) is 0 Å². The Morgan fingerprint density at radius 1 is 1.20 bits per heavy atom. The third-order valence-corrected chi connectivity index (χ3v) is 5.28. The van der Waals surface area contributed by atoms with Crippen molar-refractivity contribution in [2.45, 2.75) is 11.3 Å². The van der Waals surface area contributed by atoms with Gasteiger partial charge in [0.05, 0.1) is 15.4 Å². The number of nitro groups is 1. The van der Waals surface area contributed by atoms with Gasteiger partial charge in [-0.3, -0.25) is 10.1 Å². The van der Waals surface area contributed by atoms with Crippen molar-refractivity contribution in [2.24, 2.45) is 0 Å². The van der Waals surface area contributed by atoms with Crippen LogP contribution in [0.2, 0.25) is 0 Å². The Hall–Kier alpha value is -2.38. The van der Waals surface area contributed by atoms with Crippen LogP contribution in [0.15, 0.2) is 68.9 Å². The van der Waals surface area contributed by atoms with Gasteiger partial charge in [-0.25, -0.2) is 4.79 Å². The third kappa shape index (κ3) is 4.00. The van der Waals surface area contributed by atoms with Gasteiger partial charge in [0, 0.05) is 17.0 Å². The Balaban J connectivity index is 1.78. The monoisotopic (exact) mass is 417 g/mol. The molecular weight excluding hydrogens is 406 g/mol. The number of halogens is 1. The zero-order chi connectivity index (χ0) is 18.0. The van der Waals surface area contributed by atoms with Crippen LogP contribution in [0, 0.1) is 10.1 Å². The average Bonchev–Trinajstić information content (AvgIpc) is 3.03.